The molecule has 0 aromatic rings. The molecular formula is H3NNa2O5V-8. The topological polar surface area (TPSA) is 178 Å². The predicted molar refractivity (Wildman–Crippen MR) is 8.45 cm³/mol. The SMILES string of the molecule is N.[Na+].[Na+].[O-2].[O-2].[O-2].[O-2].[O-2].[V]. The first-order valence-electron chi connectivity index (χ1n) is 0. The van der Waals surface area contributed by atoms with E-state index in [1.165, 1.54) is 0 Å². The molecule has 0 heterocycles. The molecule has 0 amide bonds. The molecule has 0 aromatic heterocycles. The average Bonchev–Trinajstić information content (AvgIpc) is 0. The second kappa shape index (κ2) is 164. The number of hydrogen-bond acceptors (Lipinski definition) is 1. The van der Waals surface area contributed by atoms with Crippen molar-refractivity contribution in [2.24, 2.45) is 0 Å². The minimum Gasteiger partial charge on any atom is -2.00 e. The van der Waals surface area contributed by atoms with Crippen molar-refractivity contribution in [3.8, 4) is 0 Å². The first kappa shape index (κ1) is 221. The minimum atomic E-state index is 0. The fourth-order valence-corrected chi connectivity index (χ4v) is 0. The average molecular weight is 194 g/mol. The Balaban J connectivity index is 0. The summed E-state index contributed by atoms with van der Waals surface area (Å²) in [5.41, 5.74) is 0. The van der Waals surface area contributed by atoms with Crippen LogP contribution in [0.5, 0.6) is 0 Å². The molecular weight excluding hydrogens is 191 g/mol. The summed E-state index contributed by atoms with van der Waals surface area (Å²) in [6.07, 6.45) is 0. The monoisotopic (exact) mass is 194 g/mol. The maximum Gasteiger partial charge on any atom is 1.00 e. The molecule has 1 radical (unpaired) electrons. The molecule has 0 saturated heterocycles. The van der Waals surface area contributed by atoms with Gasteiger partial charge in [-0.25, -0.2) is 0 Å². The summed E-state index contributed by atoms with van der Waals surface area (Å²) in [4.78, 5) is 0. The molecule has 0 aliphatic heterocycles. The largest absolute Gasteiger partial charge is 2.00 e. The fourth-order valence-electron chi connectivity index (χ4n) is 0. The van der Waals surface area contributed by atoms with E-state index in [0.29, 0.717) is 0 Å². The van der Waals surface area contributed by atoms with Crippen LogP contribution < -0.4 is 65.3 Å². The molecule has 0 unspecified atom stereocenters. The zero-order chi connectivity index (χ0) is 0. The van der Waals surface area contributed by atoms with Crippen molar-refractivity contribution in [3.63, 3.8) is 0 Å². The minimum absolute atomic E-state index is 0. The third kappa shape index (κ3) is 131. The molecule has 9 heteroatoms. The first-order valence-corrected chi connectivity index (χ1v) is 0. The van der Waals surface area contributed by atoms with Gasteiger partial charge in [0.2, 0.25) is 0 Å². The van der Waals surface area contributed by atoms with Gasteiger partial charge < -0.3 is 33.5 Å². The Morgan fingerprint density at radius 3 is 0.444 bits per heavy atom. The molecule has 0 saturated carbocycles. The van der Waals surface area contributed by atoms with Crippen LogP contribution in [-0.2, 0) is 45.9 Å². The summed E-state index contributed by atoms with van der Waals surface area (Å²) < 4.78 is 0. The summed E-state index contributed by atoms with van der Waals surface area (Å²) in [6, 6.07) is 0. The van der Waals surface area contributed by atoms with Gasteiger partial charge in [0.15, 0.2) is 0 Å². The van der Waals surface area contributed by atoms with Crippen LogP contribution in [0.15, 0.2) is 0 Å². The van der Waals surface area contributed by atoms with E-state index in [1.807, 2.05) is 0 Å². The van der Waals surface area contributed by atoms with E-state index in [0.717, 1.165) is 0 Å². The van der Waals surface area contributed by atoms with Crippen molar-refractivity contribution >= 4 is 0 Å². The third-order valence-electron chi connectivity index (χ3n) is 0. The molecule has 0 rings (SSSR count). The third-order valence-corrected chi connectivity index (χ3v) is 0. The Hall–Kier alpha value is 2.34. The number of rotatable bonds is 0. The molecule has 0 aliphatic rings. The van der Waals surface area contributed by atoms with Crippen molar-refractivity contribution in [3.05, 3.63) is 0 Å². The van der Waals surface area contributed by atoms with Crippen molar-refractivity contribution < 1.29 is 105 Å². The Labute approximate surface area is 110 Å². The van der Waals surface area contributed by atoms with Gasteiger partial charge in [-0.3, -0.25) is 0 Å². The maximum atomic E-state index is 0. The molecule has 0 atom stereocenters. The predicted octanol–water partition coefficient (Wildman–Crippen LogP) is -6.43. The van der Waals surface area contributed by atoms with E-state index in [4.69, 9.17) is 0 Å². The maximum absolute atomic E-state index is 0. The molecule has 0 spiro atoms. The zero-order valence-electron chi connectivity index (χ0n) is 5.20. The van der Waals surface area contributed by atoms with Crippen molar-refractivity contribution in [2.75, 3.05) is 0 Å². The zero-order valence-corrected chi connectivity index (χ0v) is 10.6. The summed E-state index contributed by atoms with van der Waals surface area (Å²) in [7, 11) is 0. The van der Waals surface area contributed by atoms with Gasteiger partial charge in [0, 0.05) is 18.6 Å². The van der Waals surface area contributed by atoms with Gasteiger partial charge in [0.05, 0.1) is 0 Å². The summed E-state index contributed by atoms with van der Waals surface area (Å²) in [6.45, 7) is 0. The molecule has 0 fully saturated rings. The van der Waals surface area contributed by atoms with E-state index < -0.39 is 0 Å². The summed E-state index contributed by atoms with van der Waals surface area (Å²) >= 11 is 0. The second-order valence-corrected chi connectivity index (χ2v) is 0. The van der Waals surface area contributed by atoms with Gasteiger partial charge in [-0.2, -0.15) is 0 Å². The second-order valence-electron chi connectivity index (χ2n) is 0. The van der Waals surface area contributed by atoms with Crippen molar-refractivity contribution in [1.29, 1.82) is 0 Å². The van der Waals surface area contributed by atoms with Gasteiger partial charge >= 0.3 is 59.1 Å². The van der Waals surface area contributed by atoms with E-state index in [2.05, 4.69) is 0 Å². The molecule has 6 nitrogen and oxygen atoms in total. The molecule has 53 valence electrons. The van der Waals surface area contributed by atoms with E-state index in [9.17, 15) is 0 Å². The van der Waals surface area contributed by atoms with Gasteiger partial charge in [-0.15, -0.1) is 0 Å². The smallest absolute Gasteiger partial charge is 1.00 e. The Kier molecular flexibility index (Phi) is 4030. The van der Waals surface area contributed by atoms with Crippen LogP contribution in [0.1, 0.15) is 0 Å². The van der Waals surface area contributed by atoms with Crippen LogP contribution in [0.3, 0.4) is 0 Å². The summed E-state index contributed by atoms with van der Waals surface area (Å²) in [5, 5.41) is 0. The van der Waals surface area contributed by atoms with Gasteiger partial charge in [0.1, 0.15) is 0 Å². The molecule has 9 heavy (non-hydrogen) atoms. The quantitative estimate of drug-likeness (QED) is 0.370. The van der Waals surface area contributed by atoms with Crippen LogP contribution >= 0.6 is 0 Å². The van der Waals surface area contributed by atoms with E-state index in [1.54, 1.807) is 0 Å². The molecule has 0 aliphatic carbocycles. The Morgan fingerprint density at radius 2 is 0.444 bits per heavy atom. The van der Waals surface area contributed by atoms with Crippen molar-refractivity contribution in [2.45, 2.75) is 0 Å². The Morgan fingerprint density at radius 1 is 0.444 bits per heavy atom. The fraction of sp³-hybridized carbons (Fsp3) is 0. The first-order chi connectivity index (χ1) is 0. The van der Waals surface area contributed by atoms with Crippen LogP contribution in [0.25, 0.3) is 0 Å². The van der Waals surface area contributed by atoms with Crippen LogP contribution in [-0.4, -0.2) is 0 Å². The van der Waals surface area contributed by atoms with Crippen LogP contribution in [0, 0.1) is 0 Å². The van der Waals surface area contributed by atoms with Gasteiger partial charge in [-0.1, -0.05) is 0 Å². The molecule has 3 N–H and O–H groups in total. The Bertz CT molecular complexity index is 14.9. The molecule has 0 bridgehead atoms. The van der Waals surface area contributed by atoms with Gasteiger partial charge in [-0.05, 0) is 0 Å². The van der Waals surface area contributed by atoms with Crippen LogP contribution in [0.4, 0.5) is 0 Å². The van der Waals surface area contributed by atoms with Gasteiger partial charge in [0.25, 0.3) is 0 Å². The summed E-state index contributed by atoms with van der Waals surface area (Å²) in [5.74, 6) is 0. The molecule has 0 aromatic carbocycles. The normalized spacial score (nSPS) is 0. The standard InChI is InChI=1S/H3N.2Na.5O.V/h1H3;;;;;;;;/q;2*+1;5*-2;. The van der Waals surface area contributed by atoms with E-state index in [-0.39, 0.29) is 111 Å². The van der Waals surface area contributed by atoms with Crippen molar-refractivity contribution in [1.82, 2.24) is 6.15 Å². The van der Waals surface area contributed by atoms with Crippen LogP contribution in [0.2, 0.25) is 0 Å². The number of hydrogen-bond donors (Lipinski definition) is 1. The van der Waals surface area contributed by atoms with E-state index >= 15 is 0 Å².